The van der Waals surface area contributed by atoms with Crippen molar-refractivity contribution in [2.24, 2.45) is 11.8 Å². The van der Waals surface area contributed by atoms with Gasteiger partial charge in [0.05, 0.1) is 19.6 Å². The Morgan fingerprint density at radius 2 is 1.56 bits per heavy atom. The van der Waals surface area contributed by atoms with E-state index in [1.807, 2.05) is 0 Å². The summed E-state index contributed by atoms with van der Waals surface area (Å²) in [5.74, 6) is 1.66. The predicted octanol–water partition coefficient (Wildman–Crippen LogP) is 2.21. The molecule has 1 N–H and O–H groups in total. The second kappa shape index (κ2) is 9.09. The molecular weight excluding hydrogens is 334 g/mol. The number of rotatable bonds is 4. The first-order valence-electron chi connectivity index (χ1n) is 11.2. The van der Waals surface area contributed by atoms with Gasteiger partial charge < -0.3 is 14.7 Å². The Morgan fingerprint density at radius 1 is 0.889 bits per heavy atom. The summed E-state index contributed by atoms with van der Waals surface area (Å²) < 4.78 is 0. The minimum atomic E-state index is 0.281. The lowest BCUT2D eigenvalue weighted by atomic mass is 9.87. The number of piperazine rings is 1. The molecule has 1 aliphatic carbocycles. The number of hydrogen-bond acceptors (Lipinski definition) is 2. The molecule has 1 aromatic carbocycles. The van der Waals surface area contributed by atoms with Crippen LogP contribution in [0.1, 0.15) is 44.9 Å². The van der Waals surface area contributed by atoms with Gasteiger partial charge in [0.15, 0.2) is 0 Å². The zero-order valence-corrected chi connectivity index (χ0v) is 16.7. The molecule has 1 aromatic rings. The van der Waals surface area contributed by atoms with E-state index in [4.69, 9.17) is 0 Å². The number of likely N-dealkylation sites (tertiary alicyclic amines) is 1. The van der Waals surface area contributed by atoms with Crippen molar-refractivity contribution >= 4 is 11.6 Å². The number of hydrogen-bond donors (Lipinski definition) is 1. The van der Waals surface area contributed by atoms with Gasteiger partial charge in [-0.2, -0.15) is 0 Å². The largest absolute Gasteiger partial charge is 0.368 e. The zero-order valence-electron chi connectivity index (χ0n) is 16.7. The maximum absolute atomic E-state index is 13.0. The Balaban J connectivity index is 1.20. The molecule has 3 fully saturated rings. The average Bonchev–Trinajstić information content (AvgIpc) is 2.75. The molecule has 1 saturated carbocycles. The van der Waals surface area contributed by atoms with Crippen molar-refractivity contribution in [3.05, 3.63) is 30.3 Å². The Morgan fingerprint density at radius 3 is 2.22 bits per heavy atom. The lowest BCUT2D eigenvalue weighted by Gasteiger charge is -2.39. The van der Waals surface area contributed by atoms with Crippen molar-refractivity contribution in [2.75, 3.05) is 50.7 Å². The smallest absolute Gasteiger partial charge is 0.226 e. The first kappa shape index (κ1) is 18.8. The summed E-state index contributed by atoms with van der Waals surface area (Å²) in [6.07, 6.45) is 9.40. The van der Waals surface area contributed by atoms with Crippen LogP contribution in [0.3, 0.4) is 0 Å². The molecule has 1 amide bonds. The standard InChI is InChI=1S/C23H35N3O/c27-23(26-17-15-25(16-18-26)22-9-5-2-6-10-22)21-11-13-24(14-12-21)19-20-7-3-1-4-8-20/h2,5-6,9-10,20-21H,1,3-4,7-8,11-19H2/p+1. The van der Waals surface area contributed by atoms with Crippen LogP contribution >= 0.6 is 0 Å². The summed E-state index contributed by atoms with van der Waals surface area (Å²) in [7, 11) is 0. The molecule has 0 bridgehead atoms. The van der Waals surface area contributed by atoms with E-state index in [0.717, 1.165) is 44.9 Å². The fraction of sp³-hybridized carbons (Fsp3) is 0.696. The van der Waals surface area contributed by atoms with Crippen LogP contribution in [0.5, 0.6) is 0 Å². The molecule has 2 saturated heterocycles. The lowest BCUT2D eigenvalue weighted by molar-refractivity contribution is -0.909. The number of piperidine rings is 1. The summed E-state index contributed by atoms with van der Waals surface area (Å²) in [4.78, 5) is 19.3. The first-order valence-corrected chi connectivity index (χ1v) is 11.2. The molecule has 3 aliphatic rings. The first-order chi connectivity index (χ1) is 13.3. The topological polar surface area (TPSA) is 28.0 Å². The highest BCUT2D eigenvalue weighted by molar-refractivity contribution is 5.79. The molecule has 2 heterocycles. The molecule has 0 aromatic heterocycles. The van der Waals surface area contributed by atoms with Gasteiger partial charge in [0.1, 0.15) is 0 Å². The second-order valence-corrected chi connectivity index (χ2v) is 8.88. The van der Waals surface area contributed by atoms with Crippen LogP contribution in [0.15, 0.2) is 30.3 Å². The number of quaternary nitrogens is 1. The number of carbonyl (C=O) groups is 1. The van der Waals surface area contributed by atoms with Crippen LogP contribution in [0, 0.1) is 11.8 Å². The minimum Gasteiger partial charge on any atom is -0.368 e. The number of nitrogens with one attached hydrogen (secondary N) is 1. The Bertz CT molecular complexity index is 583. The van der Waals surface area contributed by atoms with Gasteiger partial charge in [0.25, 0.3) is 0 Å². The zero-order chi connectivity index (χ0) is 18.5. The van der Waals surface area contributed by atoms with Gasteiger partial charge in [-0.3, -0.25) is 4.79 Å². The fourth-order valence-corrected chi connectivity index (χ4v) is 5.36. The van der Waals surface area contributed by atoms with Crippen LogP contribution in [-0.2, 0) is 4.79 Å². The van der Waals surface area contributed by atoms with Crippen LogP contribution in [0.25, 0.3) is 0 Å². The number of anilines is 1. The summed E-state index contributed by atoms with van der Waals surface area (Å²) in [5.41, 5.74) is 1.28. The van der Waals surface area contributed by atoms with Gasteiger partial charge in [0, 0.05) is 56.5 Å². The summed E-state index contributed by atoms with van der Waals surface area (Å²) in [6, 6.07) is 10.6. The minimum absolute atomic E-state index is 0.281. The van der Waals surface area contributed by atoms with E-state index in [0.29, 0.717) is 5.91 Å². The van der Waals surface area contributed by atoms with Crippen LogP contribution in [0.4, 0.5) is 5.69 Å². The van der Waals surface area contributed by atoms with E-state index in [-0.39, 0.29) is 5.92 Å². The highest BCUT2D eigenvalue weighted by Crippen LogP contribution is 2.23. The molecule has 27 heavy (non-hydrogen) atoms. The van der Waals surface area contributed by atoms with Crippen molar-refractivity contribution in [3.8, 4) is 0 Å². The Labute approximate surface area is 164 Å². The lowest BCUT2D eigenvalue weighted by Crippen LogP contribution is -3.13. The van der Waals surface area contributed by atoms with Crippen molar-refractivity contribution < 1.29 is 9.69 Å². The summed E-state index contributed by atoms with van der Waals surface area (Å²) >= 11 is 0. The van der Waals surface area contributed by atoms with Crippen LogP contribution in [0.2, 0.25) is 0 Å². The Hall–Kier alpha value is -1.55. The number of para-hydroxylation sites is 1. The van der Waals surface area contributed by atoms with Gasteiger partial charge in [0.2, 0.25) is 5.91 Å². The molecule has 2 aliphatic heterocycles. The second-order valence-electron chi connectivity index (χ2n) is 8.88. The van der Waals surface area contributed by atoms with E-state index in [1.165, 1.54) is 57.4 Å². The molecule has 0 spiro atoms. The third-order valence-corrected chi connectivity index (χ3v) is 7.06. The van der Waals surface area contributed by atoms with Crippen LogP contribution in [-0.4, -0.2) is 56.6 Å². The molecule has 0 atom stereocenters. The van der Waals surface area contributed by atoms with Crippen LogP contribution < -0.4 is 9.80 Å². The number of amides is 1. The summed E-state index contributed by atoms with van der Waals surface area (Å²) in [6.45, 7) is 7.44. The maximum Gasteiger partial charge on any atom is 0.226 e. The van der Waals surface area contributed by atoms with Crippen molar-refractivity contribution in [1.29, 1.82) is 0 Å². The highest BCUT2D eigenvalue weighted by atomic mass is 16.2. The third kappa shape index (κ3) is 4.84. The fourth-order valence-electron chi connectivity index (χ4n) is 5.36. The van der Waals surface area contributed by atoms with Gasteiger partial charge >= 0.3 is 0 Å². The van der Waals surface area contributed by atoms with Crippen molar-refractivity contribution in [2.45, 2.75) is 44.9 Å². The highest BCUT2D eigenvalue weighted by Gasteiger charge is 2.33. The van der Waals surface area contributed by atoms with Crippen molar-refractivity contribution in [3.63, 3.8) is 0 Å². The summed E-state index contributed by atoms with van der Waals surface area (Å²) in [5, 5.41) is 0. The quantitative estimate of drug-likeness (QED) is 0.880. The number of nitrogens with zero attached hydrogens (tertiary/aromatic N) is 2. The van der Waals surface area contributed by atoms with Gasteiger partial charge in [-0.05, 0) is 25.0 Å². The Kier molecular flexibility index (Phi) is 6.33. The molecule has 0 radical (unpaired) electrons. The predicted molar refractivity (Wildman–Crippen MR) is 110 cm³/mol. The monoisotopic (exact) mass is 370 g/mol. The van der Waals surface area contributed by atoms with E-state index in [9.17, 15) is 4.79 Å². The van der Waals surface area contributed by atoms with E-state index in [1.54, 1.807) is 4.90 Å². The van der Waals surface area contributed by atoms with Gasteiger partial charge in [-0.25, -0.2) is 0 Å². The van der Waals surface area contributed by atoms with Gasteiger partial charge in [-0.15, -0.1) is 0 Å². The van der Waals surface area contributed by atoms with Gasteiger partial charge in [-0.1, -0.05) is 37.5 Å². The number of carbonyl (C=O) groups excluding carboxylic acids is 1. The molecule has 148 valence electrons. The normalized spacial score (nSPS) is 27.6. The molecule has 4 nitrogen and oxygen atoms in total. The van der Waals surface area contributed by atoms with E-state index in [2.05, 4.69) is 40.1 Å². The molecule has 4 heteroatoms. The van der Waals surface area contributed by atoms with E-state index >= 15 is 0 Å². The molecule has 0 unspecified atom stereocenters. The maximum atomic E-state index is 13.0. The van der Waals surface area contributed by atoms with E-state index < -0.39 is 0 Å². The SMILES string of the molecule is O=C(C1CC[NH+](CC2CCCCC2)CC1)N1CCN(c2ccccc2)CC1. The third-order valence-electron chi connectivity index (χ3n) is 7.06. The average molecular weight is 371 g/mol. The number of benzene rings is 1. The molecular formula is C23H36N3O+. The van der Waals surface area contributed by atoms with Crippen molar-refractivity contribution in [1.82, 2.24) is 4.90 Å². The molecule has 4 rings (SSSR count).